The van der Waals surface area contributed by atoms with Gasteiger partial charge in [0.25, 0.3) is 0 Å². The summed E-state index contributed by atoms with van der Waals surface area (Å²) in [6, 6.07) is 13.4. The van der Waals surface area contributed by atoms with Gasteiger partial charge in [-0.25, -0.2) is 0 Å². The van der Waals surface area contributed by atoms with Crippen molar-refractivity contribution in [2.45, 2.75) is 45.8 Å². The molecule has 0 amide bonds. The second-order valence-corrected chi connectivity index (χ2v) is 5.82. The number of para-hydroxylation sites is 1. The molecule has 1 N–H and O–H groups in total. The van der Waals surface area contributed by atoms with Crippen molar-refractivity contribution in [1.29, 1.82) is 0 Å². The van der Waals surface area contributed by atoms with Gasteiger partial charge in [0.15, 0.2) is 0 Å². The second kappa shape index (κ2) is 6.35. The van der Waals surface area contributed by atoms with E-state index in [1.807, 2.05) is 0 Å². The van der Waals surface area contributed by atoms with E-state index in [0.29, 0.717) is 0 Å². The molecule has 0 unspecified atom stereocenters. The largest absolute Gasteiger partial charge is 0.463 e. The zero-order valence-electron chi connectivity index (χ0n) is 12.9. The first-order chi connectivity index (χ1) is 10.3. The van der Waals surface area contributed by atoms with Crippen LogP contribution < -0.4 is 10.2 Å². The standard InChI is InChI=1S/C18H24N2O/c1-3-20(16-7-5-4-6-8-16)13-17-11-14(2)18(21-17)12-19-15-9-10-15/h4-8,11,15,19H,3,9-10,12-13H2,1-2H3. The summed E-state index contributed by atoms with van der Waals surface area (Å²) in [5.41, 5.74) is 2.49. The van der Waals surface area contributed by atoms with Gasteiger partial charge in [0, 0.05) is 18.3 Å². The molecule has 1 saturated carbocycles. The van der Waals surface area contributed by atoms with E-state index in [9.17, 15) is 0 Å². The lowest BCUT2D eigenvalue weighted by molar-refractivity contribution is 0.441. The fraction of sp³-hybridized carbons (Fsp3) is 0.444. The minimum absolute atomic E-state index is 0.717. The number of furan rings is 1. The lowest BCUT2D eigenvalue weighted by atomic mass is 10.2. The number of anilines is 1. The Hall–Kier alpha value is -1.74. The monoisotopic (exact) mass is 284 g/mol. The van der Waals surface area contributed by atoms with Crippen LogP contribution in [0.5, 0.6) is 0 Å². The molecule has 3 rings (SSSR count). The van der Waals surface area contributed by atoms with E-state index >= 15 is 0 Å². The number of benzene rings is 1. The first kappa shape index (κ1) is 14.2. The van der Waals surface area contributed by atoms with E-state index < -0.39 is 0 Å². The van der Waals surface area contributed by atoms with Crippen molar-refractivity contribution in [3.8, 4) is 0 Å². The van der Waals surface area contributed by atoms with Gasteiger partial charge in [-0.3, -0.25) is 0 Å². The Balaban J connectivity index is 1.66. The highest BCUT2D eigenvalue weighted by Crippen LogP contribution is 2.23. The average molecular weight is 284 g/mol. The van der Waals surface area contributed by atoms with Crippen molar-refractivity contribution in [2.75, 3.05) is 11.4 Å². The molecule has 0 spiro atoms. The van der Waals surface area contributed by atoms with Gasteiger partial charge in [0.05, 0.1) is 13.1 Å². The van der Waals surface area contributed by atoms with Gasteiger partial charge in [-0.15, -0.1) is 0 Å². The predicted molar refractivity (Wildman–Crippen MR) is 86.5 cm³/mol. The fourth-order valence-electron chi connectivity index (χ4n) is 2.58. The number of rotatable bonds is 7. The molecule has 1 aromatic heterocycles. The van der Waals surface area contributed by atoms with E-state index in [2.05, 4.69) is 60.5 Å². The lowest BCUT2D eigenvalue weighted by Crippen LogP contribution is -2.21. The highest BCUT2D eigenvalue weighted by atomic mass is 16.3. The van der Waals surface area contributed by atoms with Gasteiger partial charge in [0.2, 0.25) is 0 Å². The second-order valence-electron chi connectivity index (χ2n) is 5.82. The molecule has 1 aliphatic rings. The summed E-state index contributed by atoms with van der Waals surface area (Å²) in [5.74, 6) is 2.13. The summed E-state index contributed by atoms with van der Waals surface area (Å²) >= 11 is 0. The van der Waals surface area contributed by atoms with Crippen molar-refractivity contribution < 1.29 is 4.42 Å². The Kier molecular flexibility index (Phi) is 4.30. The molecule has 3 nitrogen and oxygen atoms in total. The van der Waals surface area contributed by atoms with E-state index in [4.69, 9.17) is 4.42 Å². The Morgan fingerprint density at radius 2 is 2.00 bits per heavy atom. The molecule has 3 heteroatoms. The van der Waals surface area contributed by atoms with Gasteiger partial charge in [-0.05, 0) is 50.5 Å². The van der Waals surface area contributed by atoms with E-state index in [1.165, 1.54) is 24.1 Å². The Morgan fingerprint density at radius 3 is 2.67 bits per heavy atom. The molecule has 0 aliphatic heterocycles. The zero-order valence-corrected chi connectivity index (χ0v) is 12.9. The SMILES string of the molecule is CCN(Cc1cc(C)c(CNC2CC2)o1)c1ccccc1. The maximum Gasteiger partial charge on any atom is 0.123 e. The highest BCUT2D eigenvalue weighted by molar-refractivity contribution is 5.46. The van der Waals surface area contributed by atoms with Crippen LogP contribution in [0.3, 0.4) is 0 Å². The van der Waals surface area contributed by atoms with Crippen molar-refractivity contribution in [2.24, 2.45) is 0 Å². The van der Waals surface area contributed by atoms with Gasteiger partial charge >= 0.3 is 0 Å². The van der Waals surface area contributed by atoms with Crippen LogP contribution in [0.1, 0.15) is 36.8 Å². The normalized spacial score (nSPS) is 14.4. The molecule has 21 heavy (non-hydrogen) atoms. The average Bonchev–Trinajstić information content (AvgIpc) is 3.27. The molecule has 0 radical (unpaired) electrons. The van der Waals surface area contributed by atoms with Crippen LogP contribution in [0.4, 0.5) is 5.69 Å². The molecule has 0 saturated heterocycles. The Morgan fingerprint density at radius 1 is 1.24 bits per heavy atom. The molecule has 112 valence electrons. The van der Waals surface area contributed by atoms with Gasteiger partial charge in [0.1, 0.15) is 11.5 Å². The third-order valence-corrected chi connectivity index (χ3v) is 4.05. The summed E-state index contributed by atoms with van der Waals surface area (Å²) in [5, 5.41) is 3.52. The fourth-order valence-corrected chi connectivity index (χ4v) is 2.58. The number of aryl methyl sites for hydroxylation is 1. The van der Waals surface area contributed by atoms with Crippen LogP contribution in [0, 0.1) is 6.92 Å². The molecule has 0 bridgehead atoms. The third-order valence-electron chi connectivity index (χ3n) is 4.05. The number of hydrogen-bond acceptors (Lipinski definition) is 3. The smallest absolute Gasteiger partial charge is 0.123 e. The Bertz CT molecular complexity index is 572. The first-order valence-electron chi connectivity index (χ1n) is 7.88. The van der Waals surface area contributed by atoms with Crippen LogP contribution in [-0.4, -0.2) is 12.6 Å². The molecule has 1 aromatic carbocycles. The van der Waals surface area contributed by atoms with Crippen LogP contribution in [0.25, 0.3) is 0 Å². The lowest BCUT2D eigenvalue weighted by Gasteiger charge is -2.21. The van der Waals surface area contributed by atoms with Crippen molar-refractivity contribution >= 4 is 5.69 Å². The summed E-state index contributed by atoms with van der Waals surface area (Å²) < 4.78 is 6.04. The van der Waals surface area contributed by atoms with Crippen LogP contribution in [-0.2, 0) is 13.1 Å². The summed E-state index contributed by atoms with van der Waals surface area (Å²) in [6.45, 7) is 6.96. The van der Waals surface area contributed by atoms with Gasteiger partial charge in [-0.2, -0.15) is 0 Å². The van der Waals surface area contributed by atoms with Crippen molar-refractivity contribution in [3.63, 3.8) is 0 Å². The van der Waals surface area contributed by atoms with Crippen LogP contribution in [0.15, 0.2) is 40.8 Å². The molecular formula is C18H24N2O. The first-order valence-corrected chi connectivity index (χ1v) is 7.88. The zero-order chi connectivity index (χ0) is 14.7. The van der Waals surface area contributed by atoms with E-state index in [1.54, 1.807) is 0 Å². The molecule has 1 fully saturated rings. The summed E-state index contributed by atoms with van der Waals surface area (Å²) in [7, 11) is 0. The molecule has 0 atom stereocenters. The number of nitrogens with one attached hydrogen (secondary N) is 1. The molecular weight excluding hydrogens is 260 g/mol. The topological polar surface area (TPSA) is 28.4 Å². The van der Waals surface area contributed by atoms with Crippen LogP contribution >= 0.6 is 0 Å². The highest BCUT2D eigenvalue weighted by Gasteiger charge is 2.21. The van der Waals surface area contributed by atoms with Crippen LogP contribution in [0.2, 0.25) is 0 Å². The number of nitrogens with zero attached hydrogens (tertiary/aromatic N) is 1. The van der Waals surface area contributed by atoms with Gasteiger partial charge < -0.3 is 14.6 Å². The minimum Gasteiger partial charge on any atom is -0.463 e. The third kappa shape index (κ3) is 3.67. The predicted octanol–water partition coefficient (Wildman–Crippen LogP) is 3.87. The Labute approximate surface area is 127 Å². The number of hydrogen-bond donors (Lipinski definition) is 1. The van der Waals surface area contributed by atoms with Gasteiger partial charge in [-0.1, -0.05) is 18.2 Å². The maximum atomic E-state index is 6.04. The quantitative estimate of drug-likeness (QED) is 0.836. The molecule has 2 aromatic rings. The van der Waals surface area contributed by atoms with E-state index in [0.717, 1.165) is 37.2 Å². The van der Waals surface area contributed by atoms with E-state index in [-0.39, 0.29) is 0 Å². The van der Waals surface area contributed by atoms with Crippen molar-refractivity contribution in [3.05, 3.63) is 53.5 Å². The minimum atomic E-state index is 0.717. The molecule has 1 aliphatic carbocycles. The maximum absolute atomic E-state index is 6.04. The summed E-state index contributed by atoms with van der Waals surface area (Å²) in [6.07, 6.45) is 2.62. The summed E-state index contributed by atoms with van der Waals surface area (Å²) in [4.78, 5) is 2.33. The molecule has 1 heterocycles. The van der Waals surface area contributed by atoms with Crippen molar-refractivity contribution in [1.82, 2.24) is 5.32 Å².